The summed E-state index contributed by atoms with van der Waals surface area (Å²) in [6.07, 6.45) is 1.37. The number of ether oxygens (including phenoxy) is 2. The first-order valence-corrected chi connectivity index (χ1v) is 12.4. The highest BCUT2D eigenvalue weighted by Crippen LogP contribution is 2.28. The Bertz CT molecular complexity index is 1520. The van der Waals surface area contributed by atoms with Gasteiger partial charge in [0.25, 0.3) is 5.91 Å². The smallest absolute Gasteiger partial charge is 0.329 e. The number of nitrogens with one attached hydrogen (secondary N) is 3. The van der Waals surface area contributed by atoms with Crippen molar-refractivity contribution < 1.29 is 23.9 Å². The Labute approximate surface area is 231 Å². The predicted molar refractivity (Wildman–Crippen MR) is 154 cm³/mol. The molecule has 0 aliphatic heterocycles. The standard InChI is InChI=1S/C31H28N4O5/c1-21-12-15-24(16-13-21)33-29(36)25-10-6-7-11-26(25)34-30(37)31(38)35-32-19-23-14-17-27(28(18-23)39-2)40-20-22-8-4-3-5-9-22/h3-19H,20H2,1-2H3,(H,33,36)(H,34,37)(H,35,38)/b32-19+. The number of hydrogen-bond acceptors (Lipinski definition) is 6. The average Bonchev–Trinajstić information content (AvgIpc) is 2.98. The van der Waals surface area contributed by atoms with Crippen molar-refractivity contribution in [1.82, 2.24) is 5.43 Å². The van der Waals surface area contributed by atoms with Gasteiger partial charge in [-0.15, -0.1) is 0 Å². The maximum atomic E-state index is 12.8. The van der Waals surface area contributed by atoms with E-state index in [9.17, 15) is 14.4 Å². The van der Waals surface area contributed by atoms with Crippen LogP contribution in [0.5, 0.6) is 11.5 Å². The summed E-state index contributed by atoms with van der Waals surface area (Å²) in [6.45, 7) is 2.33. The number of aryl methyl sites for hydroxylation is 1. The van der Waals surface area contributed by atoms with Gasteiger partial charge in [-0.1, -0.05) is 60.2 Å². The molecule has 4 rings (SSSR count). The lowest BCUT2D eigenvalue weighted by molar-refractivity contribution is -0.136. The zero-order chi connectivity index (χ0) is 28.3. The van der Waals surface area contributed by atoms with Crippen LogP contribution in [0, 0.1) is 6.92 Å². The number of benzene rings is 4. The van der Waals surface area contributed by atoms with Crippen molar-refractivity contribution in [2.75, 3.05) is 17.7 Å². The minimum Gasteiger partial charge on any atom is -0.493 e. The molecule has 0 aliphatic rings. The van der Waals surface area contributed by atoms with E-state index < -0.39 is 17.7 Å². The molecule has 4 aromatic carbocycles. The molecular weight excluding hydrogens is 508 g/mol. The van der Waals surface area contributed by atoms with Gasteiger partial charge in [0.2, 0.25) is 0 Å². The van der Waals surface area contributed by atoms with Gasteiger partial charge in [0, 0.05) is 5.69 Å². The fourth-order valence-corrected chi connectivity index (χ4v) is 3.64. The van der Waals surface area contributed by atoms with Crippen molar-refractivity contribution in [1.29, 1.82) is 0 Å². The summed E-state index contributed by atoms with van der Waals surface area (Å²) in [7, 11) is 1.52. The topological polar surface area (TPSA) is 118 Å². The molecule has 0 aromatic heterocycles. The van der Waals surface area contributed by atoms with E-state index in [1.165, 1.54) is 19.4 Å². The molecule has 0 heterocycles. The minimum atomic E-state index is -1.00. The molecule has 0 aliphatic carbocycles. The molecule has 0 saturated heterocycles. The van der Waals surface area contributed by atoms with E-state index >= 15 is 0 Å². The summed E-state index contributed by atoms with van der Waals surface area (Å²) >= 11 is 0. The Morgan fingerprint density at radius 2 is 1.52 bits per heavy atom. The zero-order valence-corrected chi connectivity index (χ0v) is 22.0. The Balaban J connectivity index is 1.34. The van der Waals surface area contributed by atoms with Crippen LogP contribution in [0.25, 0.3) is 0 Å². The number of para-hydroxylation sites is 1. The second-order valence-electron chi connectivity index (χ2n) is 8.70. The fourth-order valence-electron chi connectivity index (χ4n) is 3.64. The van der Waals surface area contributed by atoms with E-state index in [0.717, 1.165) is 11.1 Å². The first-order chi connectivity index (χ1) is 19.4. The first-order valence-electron chi connectivity index (χ1n) is 12.4. The van der Waals surface area contributed by atoms with E-state index in [0.29, 0.717) is 29.4 Å². The van der Waals surface area contributed by atoms with Crippen molar-refractivity contribution in [3.05, 3.63) is 119 Å². The summed E-state index contributed by atoms with van der Waals surface area (Å²) in [6, 6.07) is 28.6. The molecule has 0 unspecified atom stereocenters. The van der Waals surface area contributed by atoms with Crippen molar-refractivity contribution in [3.63, 3.8) is 0 Å². The molecule has 0 fully saturated rings. The number of carbonyl (C=O) groups is 3. The van der Waals surface area contributed by atoms with Gasteiger partial charge >= 0.3 is 11.8 Å². The third kappa shape index (κ3) is 7.55. The van der Waals surface area contributed by atoms with Crippen LogP contribution in [0.15, 0.2) is 102 Å². The van der Waals surface area contributed by atoms with Gasteiger partial charge in [-0.3, -0.25) is 14.4 Å². The van der Waals surface area contributed by atoms with Gasteiger partial charge in [-0.05, 0) is 60.5 Å². The number of amides is 3. The van der Waals surface area contributed by atoms with Crippen LogP contribution < -0.4 is 25.5 Å². The SMILES string of the molecule is COc1cc(/C=N/NC(=O)C(=O)Nc2ccccc2C(=O)Nc2ccc(C)cc2)ccc1OCc1ccccc1. The van der Waals surface area contributed by atoms with E-state index in [2.05, 4.69) is 21.2 Å². The van der Waals surface area contributed by atoms with Crippen LogP contribution >= 0.6 is 0 Å². The summed E-state index contributed by atoms with van der Waals surface area (Å²) in [5.74, 6) is -1.36. The number of rotatable bonds is 9. The average molecular weight is 537 g/mol. The van der Waals surface area contributed by atoms with Crippen molar-refractivity contribution >= 4 is 35.3 Å². The Morgan fingerprint density at radius 1 is 0.800 bits per heavy atom. The van der Waals surface area contributed by atoms with E-state index in [4.69, 9.17) is 9.47 Å². The van der Waals surface area contributed by atoms with Crippen LogP contribution in [0.1, 0.15) is 27.0 Å². The molecule has 0 radical (unpaired) electrons. The minimum absolute atomic E-state index is 0.187. The number of anilines is 2. The predicted octanol–water partition coefficient (Wildman–Crippen LogP) is 4.92. The van der Waals surface area contributed by atoms with Gasteiger partial charge < -0.3 is 20.1 Å². The van der Waals surface area contributed by atoms with Crippen LogP contribution in [0.4, 0.5) is 11.4 Å². The molecule has 9 heteroatoms. The number of nitrogens with zero attached hydrogens (tertiary/aromatic N) is 1. The second-order valence-corrected chi connectivity index (χ2v) is 8.70. The molecule has 4 aromatic rings. The van der Waals surface area contributed by atoms with E-state index in [-0.39, 0.29) is 11.3 Å². The number of hydrogen-bond donors (Lipinski definition) is 3. The van der Waals surface area contributed by atoms with Crippen LogP contribution in [-0.2, 0) is 16.2 Å². The van der Waals surface area contributed by atoms with Gasteiger partial charge in [0.15, 0.2) is 11.5 Å². The molecular formula is C31H28N4O5. The highest BCUT2D eigenvalue weighted by atomic mass is 16.5. The summed E-state index contributed by atoms with van der Waals surface area (Å²) in [5, 5.41) is 9.10. The lowest BCUT2D eigenvalue weighted by Crippen LogP contribution is -2.33. The first kappa shape index (κ1) is 27.6. The van der Waals surface area contributed by atoms with Crippen molar-refractivity contribution in [2.45, 2.75) is 13.5 Å². The number of methoxy groups -OCH3 is 1. The quantitative estimate of drug-likeness (QED) is 0.159. The Morgan fingerprint density at radius 3 is 2.27 bits per heavy atom. The van der Waals surface area contributed by atoms with Crippen LogP contribution in [0.2, 0.25) is 0 Å². The molecule has 0 atom stereocenters. The molecule has 9 nitrogen and oxygen atoms in total. The van der Waals surface area contributed by atoms with Crippen molar-refractivity contribution in [2.24, 2.45) is 5.10 Å². The second kappa shape index (κ2) is 13.4. The molecule has 3 N–H and O–H groups in total. The third-order valence-corrected chi connectivity index (χ3v) is 5.74. The molecule has 0 bridgehead atoms. The third-order valence-electron chi connectivity index (χ3n) is 5.74. The maximum Gasteiger partial charge on any atom is 0.329 e. The van der Waals surface area contributed by atoms with E-state index in [1.807, 2.05) is 49.4 Å². The summed E-state index contributed by atoms with van der Waals surface area (Å²) in [4.78, 5) is 37.6. The molecule has 0 saturated carbocycles. The van der Waals surface area contributed by atoms with Crippen molar-refractivity contribution in [3.8, 4) is 11.5 Å². The normalized spacial score (nSPS) is 10.6. The Kier molecular flexibility index (Phi) is 9.23. The fraction of sp³-hybridized carbons (Fsp3) is 0.0968. The molecule has 40 heavy (non-hydrogen) atoms. The summed E-state index contributed by atoms with van der Waals surface area (Å²) in [5.41, 5.74) is 5.88. The van der Waals surface area contributed by atoms with Crippen LogP contribution in [0.3, 0.4) is 0 Å². The highest BCUT2D eigenvalue weighted by molar-refractivity contribution is 6.40. The molecule has 0 spiro atoms. The molecule has 202 valence electrons. The summed E-state index contributed by atoms with van der Waals surface area (Å²) < 4.78 is 11.3. The highest BCUT2D eigenvalue weighted by Gasteiger charge is 2.18. The molecule has 3 amide bonds. The van der Waals surface area contributed by atoms with Gasteiger partial charge in [0.05, 0.1) is 24.6 Å². The lowest BCUT2D eigenvalue weighted by Gasteiger charge is -2.11. The zero-order valence-electron chi connectivity index (χ0n) is 22.0. The Hall–Kier alpha value is -5.44. The largest absolute Gasteiger partial charge is 0.493 e. The van der Waals surface area contributed by atoms with Gasteiger partial charge in [0.1, 0.15) is 6.61 Å². The number of carbonyl (C=O) groups excluding carboxylic acids is 3. The van der Waals surface area contributed by atoms with Gasteiger partial charge in [-0.2, -0.15) is 5.10 Å². The van der Waals surface area contributed by atoms with Gasteiger partial charge in [-0.25, -0.2) is 5.43 Å². The maximum absolute atomic E-state index is 12.8. The lowest BCUT2D eigenvalue weighted by atomic mass is 10.1. The number of hydrazone groups is 1. The van der Waals surface area contributed by atoms with E-state index in [1.54, 1.807) is 48.5 Å². The van der Waals surface area contributed by atoms with Crippen LogP contribution in [-0.4, -0.2) is 31.0 Å². The monoisotopic (exact) mass is 536 g/mol.